The summed E-state index contributed by atoms with van der Waals surface area (Å²) in [7, 11) is 0. The molecule has 4 heteroatoms. The predicted octanol–water partition coefficient (Wildman–Crippen LogP) is 4.22. The molecule has 1 heterocycles. The third-order valence-corrected chi connectivity index (χ3v) is 3.29. The maximum Gasteiger partial charge on any atom is 0.155 e. The molecule has 2 rings (SSSR count). The zero-order valence-electron chi connectivity index (χ0n) is 11.1. The molecule has 0 N–H and O–H groups in total. The van der Waals surface area contributed by atoms with Gasteiger partial charge in [0.25, 0.3) is 0 Å². The lowest BCUT2D eigenvalue weighted by Gasteiger charge is -2.11. The van der Waals surface area contributed by atoms with E-state index in [1.54, 1.807) is 12.4 Å². The summed E-state index contributed by atoms with van der Waals surface area (Å²) in [5.41, 5.74) is 1.63. The molecule has 0 fully saturated rings. The number of hydrogen-bond acceptors (Lipinski definition) is 3. The van der Waals surface area contributed by atoms with Crippen molar-refractivity contribution in [2.24, 2.45) is 5.92 Å². The third kappa shape index (κ3) is 3.67. The van der Waals surface area contributed by atoms with Crippen LogP contribution in [0.3, 0.4) is 0 Å². The van der Waals surface area contributed by atoms with Gasteiger partial charge in [-0.05, 0) is 30.2 Å². The minimum atomic E-state index is 0.413. The second-order valence-corrected chi connectivity index (χ2v) is 4.90. The molecular weight excluding hydrogens is 260 g/mol. The van der Waals surface area contributed by atoms with Crippen molar-refractivity contribution in [2.45, 2.75) is 20.3 Å². The van der Waals surface area contributed by atoms with Crippen LogP contribution in [0.5, 0.6) is 5.75 Å². The summed E-state index contributed by atoms with van der Waals surface area (Å²) in [6.45, 7) is 5.07. The van der Waals surface area contributed by atoms with Crippen LogP contribution >= 0.6 is 11.6 Å². The van der Waals surface area contributed by atoms with Crippen molar-refractivity contribution in [3.63, 3.8) is 0 Å². The van der Waals surface area contributed by atoms with Crippen molar-refractivity contribution >= 4 is 11.6 Å². The molecule has 0 saturated carbocycles. The van der Waals surface area contributed by atoms with Crippen molar-refractivity contribution in [1.82, 2.24) is 9.97 Å². The van der Waals surface area contributed by atoms with Crippen molar-refractivity contribution in [1.29, 1.82) is 0 Å². The van der Waals surface area contributed by atoms with Gasteiger partial charge in [0.1, 0.15) is 11.4 Å². The lowest BCUT2D eigenvalue weighted by Crippen LogP contribution is -2.07. The van der Waals surface area contributed by atoms with Gasteiger partial charge in [-0.3, -0.25) is 4.98 Å². The van der Waals surface area contributed by atoms with Crippen molar-refractivity contribution in [2.75, 3.05) is 6.61 Å². The van der Waals surface area contributed by atoms with Gasteiger partial charge in [-0.2, -0.15) is 0 Å². The molecule has 0 spiro atoms. The van der Waals surface area contributed by atoms with E-state index >= 15 is 0 Å². The number of rotatable bonds is 5. The van der Waals surface area contributed by atoms with Crippen LogP contribution in [0, 0.1) is 5.92 Å². The molecular formula is C15H17ClN2O. The average molecular weight is 277 g/mol. The Balaban J connectivity index is 2.09. The van der Waals surface area contributed by atoms with E-state index in [4.69, 9.17) is 16.3 Å². The summed E-state index contributed by atoms with van der Waals surface area (Å²) in [4.78, 5) is 8.25. The first-order valence-electron chi connectivity index (χ1n) is 6.40. The summed E-state index contributed by atoms with van der Waals surface area (Å²) < 4.78 is 5.71. The molecule has 1 aromatic carbocycles. The summed E-state index contributed by atoms with van der Waals surface area (Å²) in [6, 6.07) is 7.76. The number of ether oxygens (including phenoxy) is 1. The highest BCUT2D eigenvalue weighted by molar-refractivity contribution is 6.31. The van der Waals surface area contributed by atoms with E-state index in [2.05, 4.69) is 23.8 Å². The highest BCUT2D eigenvalue weighted by Gasteiger charge is 2.06. The number of benzene rings is 1. The molecule has 0 saturated heterocycles. The van der Waals surface area contributed by atoms with Crippen molar-refractivity contribution in [3.05, 3.63) is 41.8 Å². The molecule has 0 aliphatic carbocycles. The Hall–Kier alpha value is -1.61. The van der Waals surface area contributed by atoms with Crippen LogP contribution in [0.1, 0.15) is 20.3 Å². The first kappa shape index (κ1) is 13.8. The second kappa shape index (κ2) is 6.53. The fourth-order valence-electron chi connectivity index (χ4n) is 1.58. The minimum Gasteiger partial charge on any atom is -0.493 e. The van der Waals surface area contributed by atoms with Crippen LogP contribution < -0.4 is 4.74 Å². The lowest BCUT2D eigenvalue weighted by molar-refractivity contribution is 0.256. The Bertz CT molecular complexity index is 528. The summed E-state index contributed by atoms with van der Waals surface area (Å²) in [5, 5.41) is 0.413. The first-order chi connectivity index (χ1) is 9.20. The molecule has 0 bridgehead atoms. The van der Waals surface area contributed by atoms with Gasteiger partial charge in [0.15, 0.2) is 5.15 Å². The number of nitrogens with zero attached hydrogens (tertiary/aromatic N) is 2. The van der Waals surface area contributed by atoms with Crippen molar-refractivity contribution in [3.8, 4) is 17.0 Å². The fourth-order valence-corrected chi connectivity index (χ4v) is 1.79. The quantitative estimate of drug-likeness (QED) is 0.820. The standard InChI is InChI=1S/C15H17ClN2O/c1-3-11(2)10-19-13-6-4-12(5-7-13)14-15(16)18-9-8-17-14/h4-9,11H,3,10H2,1-2H3/t11-/m0/s1. The molecule has 2 aromatic rings. The largest absolute Gasteiger partial charge is 0.493 e. The smallest absolute Gasteiger partial charge is 0.155 e. The predicted molar refractivity (Wildman–Crippen MR) is 77.4 cm³/mol. The number of aromatic nitrogens is 2. The molecule has 1 aromatic heterocycles. The summed E-state index contributed by atoms with van der Waals surface area (Å²) in [6.07, 6.45) is 4.33. The van der Waals surface area contributed by atoms with Gasteiger partial charge >= 0.3 is 0 Å². The van der Waals surface area contributed by atoms with Gasteiger partial charge in [0, 0.05) is 18.0 Å². The van der Waals surface area contributed by atoms with E-state index in [0.717, 1.165) is 24.3 Å². The first-order valence-corrected chi connectivity index (χ1v) is 6.78. The Morgan fingerprint density at radius 2 is 1.84 bits per heavy atom. The molecule has 0 aliphatic rings. The van der Waals surface area contributed by atoms with E-state index in [9.17, 15) is 0 Å². The van der Waals surface area contributed by atoms with Gasteiger partial charge in [0.2, 0.25) is 0 Å². The second-order valence-electron chi connectivity index (χ2n) is 4.54. The molecule has 1 atom stereocenters. The van der Waals surface area contributed by atoms with Crippen LogP contribution in [-0.2, 0) is 0 Å². The van der Waals surface area contributed by atoms with Crippen LogP contribution in [-0.4, -0.2) is 16.6 Å². The number of halogens is 1. The van der Waals surface area contributed by atoms with Gasteiger partial charge < -0.3 is 4.74 Å². The zero-order chi connectivity index (χ0) is 13.7. The van der Waals surface area contributed by atoms with E-state index in [1.807, 2.05) is 24.3 Å². The lowest BCUT2D eigenvalue weighted by atomic mass is 10.1. The van der Waals surface area contributed by atoms with Gasteiger partial charge in [-0.25, -0.2) is 4.98 Å². The zero-order valence-corrected chi connectivity index (χ0v) is 11.9. The normalized spacial score (nSPS) is 12.2. The van der Waals surface area contributed by atoms with Crippen LogP contribution in [0.4, 0.5) is 0 Å². The highest BCUT2D eigenvalue weighted by Crippen LogP contribution is 2.25. The Morgan fingerprint density at radius 1 is 1.16 bits per heavy atom. The molecule has 19 heavy (non-hydrogen) atoms. The third-order valence-electron chi connectivity index (χ3n) is 3.01. The maximum absolute atomic E-state index is 6.02. The summed E-state index contributed by atoms with van der Waals surface area (Å²) in [5.74, 6) is 1.43. The van der Waals surface area contributed by atoms with Crippen LogP contribution in [0.25, 0.3) is 11.3 Å². The monoisotopic (exact) mass is 276 g/mol. The summed E-state index contributed by atoms with van der Waals surface area (Å²) >= 11 is 6.02. The van der Waals surface area contributed by atoms with E-state index in [-0.39, 0.29) is 0 Å². The SMILES string of the molecule is CC[C@H](C)COc1ccc(-c2nccnc2Cl)cc1. The fraction of sp³-hybridized carbons (Fsp3) is 0.333. The van der Waals surface area contributed by atoms with E-state index < -0.39 is 0 Å². The Morgan fingerprint density at radius 3 is 2.47 bits per heavy atom. The van der Waals surface area contributed by atoms with Crippen LogP contribution in [0.2, 0.25) is 5.15 Å². The van der Waals surface area contributed by atoms with Crippen molar-refractivity contribution < 1.29 is 4.74 Å². The molecule has 0 amide bonds. The van der Waals surface area contributed by atoms with E-state index in [0.29, 0.717) is 16.8 Å². The average Bonchev–Trinajstić information content (AvgIpc) is 2.46. The Labute approximate surface area is 118 Å². The molecule has 0 unspecified atom stereocenters. The molecule has 0 aliphatic heterocycles. The molecule has 100 valence electrons. The van der Waals surface area contributed by atoms with Gasteiger partial charge in [0.05, 0.1) is 6.61 Å². The van der Waals surface area contributed by atoms with Gasteiger partial charge in [-0.1, -0.05) is 31.9 Å². The highest BCUT2D eigenvalue weighted by atomic mass is 35.5. The maximum atomic E-state index is 6.02. The minimum absolute atomic E-state index is 0.413. The molecule has 3 nitrogen and oxygen atoms in total. The van der Waals surface area contributed by atoms with Crippen LogP contribution in [0.15, 0.2) is 36.7 Å². The van der Waals surface area contributed by atoms with E-state index in [1.165, 1.54) is 0 Å². The topological polar surface area (TPSA) is 35.0 Å². The number of hydrogen-bond donors (Lipinski definition) is 0. The molecule has 0 radical (unpaired) electrons. The van der Waals surface area contributed by atoms with Gasteiger partial charge in [-0.15, -0.1) is 0 Å². The Kier molecular flexibility index (Phi) is 4.74.